The smallest absolute Gasteiger partial charge is 0.307 e. The first-order valence-corrected chi connectivity index (χ1v) is 5.36. The fourth-order valence-corrected chi connectivity index (χ4v) is 2.26. The van der Waals surface area contributed by atoms with E-state index < -0.39 is 29.1 Å². The zero-order valence-electron chi connectivity index (χ0n) is 9.89. The molecule has 1 fully saturated rings. The van der Waals surface area contributed by atoms with Crippen LogP contribution < -0.4 is 5.32 Å². The molecule has 3 N–H and O–H groups in total. The summed E-state index contributed by atoms with van der Waals surface area (Å²) in [6.07, 6.45) is 1.29. The van der Waals surface area contributed by atoms with Gasteiger partial charge in [0, 0.05) is 0 Å². The topological polar surface area (TPSA) is 119 Å². The zero-order chi connectivity index (χ0) is 13.5. The summed E-state index contributed by atoms with van der Waals surface area (Å²) in [7, 11) is 0. The monoisotopic (exact) mass is 248 g/mol. The Hall–Kier alpha value is -2.36. The zero-order valence-corrected chi connectivity index (χ0v) is 9.89. The first-order valence-electron chi connectivity index (χ1n) is 5.36. The SMILES string of the molecule is CC1(C)[C@H](C(=O)O)[C@@H]1C(=O)Nc1[nH]ncc1C#N. The van der Waals surface area contributed by atoms with E-state index in [2.05, 4.69) is 15.5 Å². The molecule has 1 amide bonds. The Morgan fingerprint density at radius 2 is 2.22 bits per heavy atom. The lowest BCUT2D eigenvalue weighted by molar-refractivity contribution is -0.140. The van der Waals surface area contributed by atoms with Crippen LogP contribution in [0.2, 0.25) is 0 Å². The van der Waals surface area contributed by atoms with Crippen molar-refractivity contribution in [1.82, 2.24) is 10.2 Å². The number of aromatic amines is 1. The molecule has 0 aromatic carbocycles. The molecule has 0 unspecified atom stereocenters. The molecule has 1 aliphatic carbocycles. The summed E-state index contributed by atoms with van der Waals surface area (Å²) in [5.74, 6) is -2.47. The number of rotatable bonds is 3. The molecule has 7 nitrogen and oxygen atoms in total. The summed E-state index contributed by atoms with van der Waals surface area (Å²) in [6, 6.07) is 1.87. The van der Waals surface area contributed by atoms with Gasteiger partial charge in [0.1, 0.15) is 17.5 Å². The van der Waals surface area contributed by atoms with E-state index in [-0.39, 0.29) is 11.4 Å². The van der Waals surface area contributed by atoms with Crippen LogP contribution >= 0.6 is 0 Å². The third kappa shape index (κ3) is 1.72. The molecule has 1 aliphatic rings. The van der Waals surface area contributed by atoms with Gasteiger partial charge in [-0.05, 0) is 5.41 Å². The molecule has 0 radical (unpaired) electrons. The van der Waals surface area contributed by atoms with E-state index in [4.69, 9.17) is 10.4 Å². The van der Waals surface area contributed by atoms with Crippen LogP contribution in [0, 0.1) is 28.6 Å². The van der Waals surface area contributed by atoms with Crippen LogP contribution in [0.4, 0.5) is 5.82 Å². The van der Waals surface area contributed by atoms with Crippen LogP contribution in [-0.2, 0) is 9.59 Å². The van der Waals surface area contributed by atoms with Crippen LogP contribution in [0.15, 0.2) is 6.20 Å². The second-order valence-corrected chi connectivity index (χ2v) is 4.87. The molecule has 1 aromatic heterocycles. The Kier molecular flexibility index (Phi) is 2.58. The number of nitrogens with one attached hydrogen (secondary N) is 2. The summed E-state index contributed by atoms with van der Waals surface area (Å²) in [4.78, 5) is 22.9. The molecule has 0 spiro atoms. The quantitative estimate of drug-likeness (QED) is 0.722. The number of amides is 1. The number of nitrogens with zero attached hydrogens (tertiary/aromatic N) is 2. The van der Waals surface area contributed by atoms with Gasteiger partial charge in [0.05, 0.1) is 18.0 Å². The first-order chi connectivity index (χ1) is 8.39. The van der Waals surface area contributed by atoms with Crippen molar-refractivity contribution in [1.29, 1.82) is 5.26 Å². The lowest BCUT2D eigenvalue weighted by atomic mass is 10.1. The molecule has 1 saturated carbocycles. The molecule has 2 rings (SSSR count). The van der Waals surface area contributed by atoms with E-state index >= 15 is 0 Å². The Labute approximate surface area is 103 Å². The highest BCUT2D eigenvalue weighted by molar-refractivity contribution is 5.99. The highest BCUT2D eigenvalue weighted by atomic mass is 16.4. The van der Waals surface area contributed by atoms with Crippen molar-refractivity contribution in [3.63, 3.8) is 0 Å². The minimum atomic E-state index is -0.981. The van der Waals surface area contributed by atoms with Gasteiger partial charge in [0.25, 0.3) is 0 Å². The maximum atomic E-state index is 11.9. The number of carbonyl (C=O) groups is 2. The van der Waals surface area contributed by atoms with Gasteiger partial charge < -0.3 is 10.4 Å². The van der Waals surface area contributed by atoms with Crippen molar-refractivity contribution in [2.24, 2.45) is 17.3 Å². The largest absolute Gasteiger partial charge is 0.481 e. The predicted molar refractivity (Wildman–Crippen MR) is 60.3 cm³/mol. The van der Waals surface area contributed by atoms with Gasteiger partial charge in [-0.25, -0.2) is 0 Å². The third-order valence-electron chi connectivity index (χ3n) is 3.38. The van der Waals surface area contributed by atoms with Gasteiger partial charge in [-0.1, -0.05) is 13.8 Å². The normalized spacial score (nSPS) is 24.1. The first kappa shape index (κ1) is 12.1. The van der Waals surface area contributed by atoms with Gasteiger partial charge in [-0.2, -0.15) is 10.4 Å². The molecule has 0 saturated heterocycles. The molecular formula is C11H12N4O3. The van der Waals surface area contributed by atoms with Crippen LogP contribution in [0.5, 0.6) is 0 Å². The van der Waals surface area contributed by atoms with Gasteiger partial charge in [0.15, 0.2) is 0 Å². The Bertz CT molecular complexity index is 555. The van der Waals surface area contributed by atoms with E-state index in [1.165, 1.54) is 6.20 Å². The Morgan fingerprint density at radius 3 is 2.72 bits per heavy atom. The number of hydrogen-bond donors (Lipinski definition) is 3. The number of nitriles is 1. The van der Waals surface area contributed by atoms with Crippen molar-refractivity contribution >= 4 is 17.7 Å². The lowest BCUT2D eigenvalue weighted by Crippen LogP contribution is -2.18. The highest BCUT2D eigenvalue weighted by Gasteiger charge is 2.65. The van der Waals surface area contributed by atoms with Gasteiger partial charge >= 0.3 is 5.97 Å². The second kappa shape index (κ2) is 3.84. The number of carboxylic acids is 1. The molecule has 2 atom stereocenters. The second-order valence-electron chi connectivity index (χ2n) is 4.87. The predicted octanol–water partition coefficient (Wildman–Crippen LogP) is 0.577. The summed E-state index contributed by atoms with van der Waals surface area (Å²) >= 11 is 0. The van der Waals surface area contributed by atoms with Crippen LogP contribution in [0.25, 0.3) is 0 Å². The molecule has 0 bridgehead atoms. The highest BCUT2D eigenvalue weighted by Crippen LogP contribution is 2.58. The van der Waals surface area contributed by atoms with Gasteiger partial charge in [0.2, 0.25) is 5.91 Å². The standard InChI is InChI=1S/C11H12N4O3/c1-11(2)6(7(11)10(17)18)9(16)14-8-5(3-12)4-13-15-8/h4,6-7H,1-2H3,(H,17,18)(H2,13,14,15,16)/t6-,7+/m1/s1. The molecule has 7 heteroatoms. The van der Waals surface area contributed by atoms with Crippen molar-refractivity contribution in [2.75, 3.05) is 5.32 Å². The number of anilines is 1. The number of hydrogen-bond acceptors (Lipinski definition) is 4. The average Bonchev–Trinajstić information content (AvgIpc) is 2.66. The molecule has 1 heterocycles. The van der Waals surface area contributed by atoms with Gasteiger partial charge in [-0.15, -0.1) is 0 Å². The van der Waals surface area contributed by atoms with Crippen molar-refractivity contribution in [2.45, 2.75) is 13.8 Å². The third-order valence-corrected chi connectivity index (χ3v) is 3.38. The van der Waals surface area contributed by atoms with E-state index in [9.17, 15) is 9.59 Å². The summed E-state index contributed by atoms with van der Waals surface area (Å²) < 4.78 is 0. The van der Waals surface area contributed by atoms with Crippen molar-refractivity contribution in [3.05, 3.63) is 11.8 Å². The number of carboxylic acid groups (broad SMARTS) is 1. The van der Waals surface area contributed by atoms with Gasteiger partial charge in [-0.3, -0.25) is 14.7 Å². The summed E-state index contributed by atoms with van der Waals surface area (Å²) in [6.45, 7) is 3.46. The van der Waals surface area contributed by atoms with Crippen molar-refractivity contribution in [3.8, 4) is 6.07 Å². The van der Waals surface area contributed by atoms with E-state index in [1.807, 2.05) is 6.07 Å². The number of aliphatic carboxylic acids is 1. The Morgan fingerprint density at radius 1 is 1.56 bits per heavy atom. The van der Waals surface area contributed by atoms with E-state index in [0.29, 0.717) is 0 Å². The van der Waals surface area contributed by atoms with Crippen LogP contribution in [-0.4, -0.2) is 27.2 Å². The number of aromatic nitrogens is 2. The Balaban J connectivity index is 2.12. The molecule has 0 aliphatic heterocycles. The maximum Gasteiger partial charge on any atom is 0.307 e. The fraction of sp³-hybridized carbons (Fsp3) is 0.455. The maximum absolute atomic E-state index is 11.9. The average molecular weight is 248 g/mol. The molecular weight excluding hydrogens is 236 g/mol. The summed E-state index contributed by atoms with van der Waals surface area (Å²) in [5, 5.41) is 26.4. The fourth-order valence-electron chi connectivity index (χ4n) is 2.26. The van der Waals surface area contributed by atoms with Crippen molar-refractivity contribution < 1.29 is 14.7 Å². The summed E-state index contributed by atoms with van der Waals surface area (Å²) in [5.41, 5.74) is -0.350. The molecule has 18 heavy (non-hydrogen) atoms. The molecule has 94 valence electrons. The van der Waals surface area contributed by atoms with E-state index in [0.717, 1.165) is 0 Å². The lowest BCUT2D eigenvalue weighted by Gasteiger charge is -2.03. The minimum absolute atomic E-state index is 0.203. The molecule has 1 aromatic rings. The minimum Gasteiger partial charge on any atom is -0.481 e. The van der Waals surface area contributed by atoms with E-state index in [1.54, 1.807) is 13.8 Å². The van der Waals surface area contributed by atoms with Crippen LogP contribution in [0.1, 0.15) is 19.4 Å². The number of H-pyrrole nitrogens is 1. The van der Waals surface area contributed by atoms with Crippen LogP contribution in [0.3, 0.4) is 0 Å². The number of carbonyl (C=O) groups excluding carboxylic acids is 1.